The van der Waals surface area contributed by atoms with Crippen molar-refractivity contribution in [3.05, 3.63) is 48.0 Å². The molecule has 0 fully saturated rings. The van der Waals surface area contributed by atoms with Crippen LogP contribution in [-0.4, -0.2) is 31.4 Å². The lowest BCUT2D eigenvalue weighted by Gasteiger charge is -2.14. The second-order valence-electron chi connectivity index (χ2n) is 5.41. The quantitative estimate of drug-likeness (QED) is 0.602. The topological polar surface area (TPSA) is 123 Å². The van der Waals surface area contributed by atoms with Crippen molar-refractivity contribution in [2.45, 2.75) is 6.92 Å². The van der Waals surface area contributed by atoms with Crippen molar-refractivity contribution in [1.82, 2.24) is 0 Å². The Kier molecular flexibility index (Phi) is 6.15. The Morgan fingerprint density at radius 3 is 2.42 bits per heavy atom. The van der Waals surface area contributed by atoms with Crippen LogP contribution < -0.4 is 26.4 Å². The van der Waals surface area contributed by atoms with Gasteiger partial charge in [-0.15, -0.1) is 0 Å². The molecule has 0 saturated carbocycles. The van der Waals surface area contributed by atoms with E-state index in [1.165, 1.54) is 14.0 Å². The monoisotopic (exact) mass is 356 g/mol. The molecule has 0 aliphatic carbocycles. The number of carbonyl (C=O) groups excluding carboxylic acids is 3. The fourth-order valence-electron chi connectivity index (χ4n) is 2.31. The van der Waals surface area contributed by atoms with Gasteiger partial charge in [-0.25, -0.2) is 0 Å². The summed E-state index contributed by atoms with van der Waals surface area (Å²) < 4.78 is 5.21. The number of amides is 3. The van der Waals surface area contributed by atoms with Crippen LogP contribution in [0, 0.1) is 0 Å². The van der Waals surface area contributed by atoms with Crippen LogP contribution in [0.1, 0.15) is 17.3 Å². The molecule has 8 heteroatoms. The fourth-order valence-corrected chi connectivity index (χ4v) is 2.31. The SMILES string of the molecule is COc1ccc(NC(C)=O)cc1NC(=O)CNc1ccccc1C(N)=O. The minimum Gasteiger partial charge on any atom is -0.495 e. The van der Waals surface area contributed by atoms with E-state index in [4.69, 9.17) is 10.5 Å². The molecule has 136 valence electrons. The second-order valence-corrected chi connectivity index (χ2v) is 5.41. The Morgan fingerprint density at radius 1 is 1.04 bits per heavy atom. The lowest BCUT2D eigenvalue weighted by atomic mass is 10.1. The van der Waals surface area contributed by atoms with Crippen molar-refractivity contribution < 1.29 is 19.1 Å². The number of nitrogens with two attached hydrogens (primary N) is 1. The molecule has 0 atom stereocenters. The van der Waals surface area contributed by atoms with Crippen molar-refractivity contribution >= 4 is 34.8 Å². The first-order valence-corrected chi connectivity index (χ1v) is 7.79. The molecule has 2 aromatic rings. The molecule has 0 unspecified atom stereocenters. The smallest absolute Gasteiger partial charge is 0.250 e. The number of carbonyl (C=O) groups is 3. The van der Waals surface area contributed by atoms with E-state index in [0.29, 0.717) is 28.4 Å². The zero-order valence-electron chi connectivity index (χ0n) is 14.5. The summed E-state index contributed by atoms with van der Waals surface area (Å²) in [5.41, 5.74) is 7.01. The Labute approximate surface area is 150 Å². The minimum absolute atomic E-state index is 0.0855. The van der Waals surface area contributed by atoms with Crippen molar-refractivity contribution in [1.29, 1.82) is 0 Å². The van der Waals surface area contributed by atoms with Crippen molar-refractivity contribution in [2.24, 2.45) is 5.73 Å². The maximum atomic E-state index is 12.2. The second kappa shape index (κ2) is 8.52. The van der Waals surface area contributed by atoms with Crippen LogP contribution in [0.2, 0.25) is 0 Å². The summed E-state index contributed by atoms with van der Waals surface area (Å²) in [5.74, 6) is -0.720. The largest absolute Gasteiger partial charge is 0.495 e. The first-order chi connectivity index (χ1) is 12.4. The van der Waals surface area contributed by atoms with Gasteiger partial charge in [0, 0.05) is 18.3 Å². The molecule has 5 N–H and O–H groups in total. The molecule has 26 heavy (non-hydrogen) atoms. The molecule has 0 bridgehead atoms. The van der Waals surface area contributed by atoms with Crippen LogP contribution >= 0.6 is 0 Å². The maximum absolute atomic E-state index is 12.2. The van der Waals surface area contributed by atoms with E-state index in [-0.39, 0.29) is 18.4 Å². The fraction of sp³-hybridized carbons (Fsp3) is 0.167. The van der Waals surface area contributed by atoms with E-state index in [9.17, 15) is 14.4 Å². The number of para-hydroxylation sites is 1. The summed E-state index contributed by atoms with van der Waals surface area (Å²) in [6.07, 6.45) is 0. The van der Waals surface area contributed by atoms with Crippen LogP contribution in [0.4, 0.5) is 17.1 Å². The third kappa shape index (κ3) is 4.97. The van der Waals surface area contributed by atoms with Gasteiger partial charge in [-0.3, -0.25) is 14.4 Å². The number of benzene rings is 2. The van der Waals surface area contributed by atoms with Gasteiger partial charge < -0.3 is 26.4 Å². The zero-order chi connectivity index (χ0) is 19.1. The summed E-state index contributed by atoms with van der Waals surface area (Å²) >= 11 is 0. The molecule has 0 saturated heterocycles. The number of rotatable bonds is 7. The molecule has 0 spiro atoms. The summed E-state index contributed by atoms with van der Waals surface area (Å²) in [7, 11) is 1.48. The van der Waals surface area contributed by atoms with Gasteiger partial charge >= 0.3 is 0 Å². The van der Waals surface area contributed by atoms with Crippen molar-refractivity contribution in [3.8, 4) is 5.75 Å². The molecule has 0 aromatic heterocycles. The average molecular weight is 356 g/mol. The van der Waals surface area contributed by atoms with Gasteiger partial charge in [0.05, 0.1) is 24.9 Å². The Morgan fingerprint density at radius 2 is 1.77 bits per heavy atom. The molecule has 3 amide bonds. The predicted molar refractivity (Wildman–Crippen MR) is 99.4 cm³/mol. The van der Waals surface area contributed by atoms with Crippen molar-refractivity contribution in [3.63, 3.8) is 0 Å². The number of methoxy groups -OCH3 is 1. The van der Waals surface area contributed by atoms with E-state index in [1.54, 1.807) is 42.5 Å². The van der Waals surface area contributed by atoms with Crippen LogP contribution in [0.15, 0.2) is 42.5 Å². The van der Waals surface area contributed by atoms with Gasteiger partial charge in [-0.2, -0.15) is 0 Å². The minimum atomic E-state index is -0.585. The third-order valence-corrected chi connectivity index (χ3v) is 3.43. The highest BCUT2D eigenvalue weighted by Crippen LogP contribution is 2.27. The number of hydrogen-bond acceptors (Lipinski definition) is 5. The Bertz CT molecular complexity index is 836. The number of hydrogen-bond donors (Lipinski definition) is 4. The normalized spacial score (nSPS) is 9.92. The summed E-state index contributed by atoms with van der Waals surface area (Å²) in [6.45, 7) is 1.31. The Hall–Kier alpha value is -3.55. The van der Waals surface area contributed by atoms with E-state index in [2.05, 4.69) is 16.0 Å². The molecular formula is C18H20N4O4. The van der Waals surface area contributed by atoms with Crippen molar-refractivity contribution in [2.75, 3.05) is 29.6 Å². The number of nitrogens with one attached hydrogen (secondary N) is 3. The predicted octanol–water partition coefficient (Wildman–Crippen LogP) is 1.80. The first-order valence-electron chi connectivity index (χ1n) is 7.79. The van der Waals surface area contributed by atoms with Gasteiger partial charge in [-0.05, 0) is 30.3 Å². The van der Waals surface area contributed by atoms with Crippen LogP contribution in [-0.2, 0) is 9.59 Å². The summed E-state index contributed by atoms with van der Waals surface area (Å²) in [4.78, 5) is 34.8. The van der Waals surface area contributed by atoms with E-state index >= 15 is 0 Å². The molecule has 0 radical (unpaired) electrons. The summed E-state index contributed by atoms with van der Waals surface area (Å²) in [5, 5.41) is 8.21. The first kappa shape index (κ1) is 18.8. The molecule has 2 aromatic carbocycles. The van der Waals surface area contributed by atoms with Crippen LogP contribution in [0.25, 0.3) is 0 Å². The molecule has 8 nitrogen and oxygen atoms in total. The Balaban J connectivity index is 2.08. The molecule has 0 heterocycles. The lowest BCUT2D eigenvalue weighted by molar-refractivity contribution is -0.115. The molecule has 0 aliphatic heterocycles. The highest BCUT2D eigenvalue weighted by molar-refractivity contribution is 6.00. The standard InChI is InChI=1S/C18H20N4O4/c1-11(23)21-12-7-8-16(26-2)15(9-12)22-17(24)10-20-14-6-4-3-5-13(14)18(19)25/h3-9,20H,10H2,1-2H3,(H2,19,25)(H,21,23)(H,22,24). The van der Waals surface area contributed by atoms with Crippen LogP contribution in [0.5, 0.6) is 5.75 Å². The van der Waals surface area contributed by atoms with Gasteiger partial charge in [-0.1, -0.05) is 12.1 Å². The average Bonchev–Trinajstić information content (AvgIpc) is 2.60. The third-order valence-electron chi connectivity index (χ3n) is 3.43. The molecular weight excluding hydrogens is 336 g/mol. The lowest BCUT2D eigenvalue weighted by Crippen LogP contribution is -2.23. The van der Waals surface area contributed by atoms with Gasteiger partial charge in [0.25, 0.3) is 5.91 Å². The van der Waals surface area contributed by atoms with Crippen LogP contribution in [0.3, 0.4) is 0 Å². The van der Waals surface area contributed by atoms with Gasteiger partial charge in [0.2, 0.25) is 11.8 Å². The summed E-state index contributed by atoms with van der Waals surface area (Å²) in [6, 6.07) is 11.5. The molecule has 0 aliphatic rings. The molecule has 2 rings (SSSR count). The number of ether oxygens (including phenoxy) is 1. The maximum Gasteiger partial charge on any atom is 0.250 e. The van der Waals surface area contributed by atoms with Gasteiger partial charge in [0.1, 0.15) is 5.75 Å². The number of anilines is 3. The van der Waals surface area contributed by atoms with Gasteiger partial charge in [0.15, 0.2) is 0 Å². The highest BCUT2D eigenvalue weighted by Gasteiger charge is 2.11. The van der Waals surface area contributed by atoms with E-state index in [1.807, 2.05) is 0 Å². The van der Waals surface area contributed by atoms with E-state index in [0.717, 1.165) is 0 Å². The number of primary amides is 1. The zero-order valence-corrected chi connectivity index (χ0v) is 14.5. The van der Waals surface area contributed by atoms with E-state index < -0.39 is 5.91 Å². The highest BCUT2D eigenvalue weighted by atomic mass is 16.5.